The highest BCUT2D eigenvalue weighted by atomic mass is 16.5. The van der Waals surface area contributed by atoms with Gasteiger partial charge in [-0.25, -0.2) is 0 Å². The van der Waals surface area contributed by atoms with E-state index in [4.69, 9.17) is 18.9 Å². The minimum Gasteiger partial charge on any atom is -0.483 e. The first-order valence-electron chi connectivity index (χ1n) is 24.9. The summed E-state index contributed by atoms with van der Waals surface area (Å²) in [5, 5.41) is 11.8. The standard InChI is InChI=1S/C60H56N8O8/c69-53(65-33-41-13-21-61-22-14-41)37-73-57-45-5-1-6-46(57)30-48-8-3-10-50(59(48)75-39-55(71)67-35-43-17-25-63-26-18-43)32-52-12-4-11-51(60(52)76-40-56(72)68-36-44-19-27-64-28-20-44)31-49-9-2-7-47(29-45)58(49)74-38-54(70)66-34-42-15-23-62-24-16-42/h1-28H,29-40H2,(H,65,69)(H,66,70)(H,67,71)(H,68,72). The molecule has 1 aliphatic carbocycles. The minimum atomic E-state index is -0.322. The summed E-state index contributed by atoms with van der Waals surface area (Å²) in [6, 6.07) is 38.0. The van der Waals surface area contributed by atoms with E-state index in [1.54, 1.807) is 49.6 Å². The number of carbonyl (C=O) groups is 4. The Morgan fingerprint density at radius 2 is 0.487 bits per heavy atom. The highest BCUT2D eigenvalue weighted by Crippen LogP contribution is 2.39. The summed E-state index contributed by atoms with van der Waals surface area (Å²) in [4.78, 5) is 70.3. The maximum atomic E-state index is 13.5. The molecule has 0 aliphatic heterocycles. The molecule has 0 atom stereocenters. The fraction of sp³-hybridized carbons (Fsp3) is 0.200. The van der Waals surface area contributed by atoms with Gasteiger partial charge in [0.15, 0.2) is 26.4 Å². The van der Waals surface area contributed by atoms with E-state index in [0.29, 0.717) is 49.2 Å². The number of rotatable bonds is 20. The smallest absolute Gasteiger partial charge is 0.258 e. The first kappa shape index (κ1) is 51.5. The second-order valence-corrected chi connectivity index (χ2v) is 18.0. The third-order valence-corrected chi connectivity index (χ3v) is 12.6. The average Bonchev–Trinajstić information content (AvgIpc) is 3.47. The van der Waals surface area contributed by atoms with Crippen LogP contribution in [0.4, 0.5) is 0 Å². The van der Waals surface area contributed by atoms with Gasteiger partial charge in [-0.3, -0.25) is 39.1 Å². The molecule has 0 saturated heterocycles. The lowest BCUT2D eigenvalue weighted by Crippen LogP contribution is -2.29. The van der Waals surface area contributed by atoms with Crippen molar-refractivity contribution in [2.75, 3.05) is 26.4 Å². The van der Waals surface area contributed by atoms with Gasteiger partial charge in [-0.1, -0.05) is 72.8 Å². The first-order chi connectivity index (χ1) is 37.3. The largest absolute Gasteiger partial charge is 0.483 e. The normalized spacial score (nSPS) is 11.6. The minimum absolute atomic E-state index is 0.281. The van der Waals surface area contributed by atoms with E-state index in [2.05, 4.69) is 41.2 Å². The molecular weight excluding hydrogens is 961 g/mol. The maximum absolute atomic E-state index is 13.5. The van der Waals surface area contributed by atoms with E-state index in [1.165, 1.54) is 0 Å². The third-order valence-electron chi connectivity index (χ3n) is 12.6. The van der Waals surface area contributed by atoms with Gasteiger partial charge in [-0.2, -0.15) is 0 Å². The van der Waals surface area contributed by atoms with Crippen molar-refractivity contribution in [3.63, 3.8) is 0 Å². The Morgan fingerprint density at radius 1 is 0.303 bits per heavy atom. The quantitative estimate of drug-likeness (QED) is 0.0628. The Hall–Kier alpha value is -9.44. The Balaban J connectivity index is 1.09. The highest BCUT2D eigenvalue weighted by Gasteiger charge is 2.23. The number of amides is 4. The summed E-state index contributed by atoms with van der Waals surface area (Å²) in [6.45, 7) is 0.0444. The number of nitrogens with zero attached hydrogens (tertiary/aromatic N) is 4. The summed E-state index contributed by atoms with van der Waals surface area (Å²) < 4.78 is 26.3. The zero-order valence-corrected chi connectivity index (χ0v) is 41.7. The molecular formula is C60H56N8O8. The number of pyridine rings is 4. The summed E-state index contributed by atoms with van der Waals surface area (Å²) in [7, 11) is 0. The number of ether oxygens (including phenoxy) is 4. The number of aromatic nitrogens is 4. The van der Waals surface area contributed by atoms with Gasteiger partial charge < -0.3 is 40.2 Å². The zero-order chi connectivity index (χ0) is 52.3. The molecule has 0 radical (unpaired) electrons. The molecule has 8 aromatic rings. The van der Waals surface area contributed by atoms with E-state index in [9.17, 15) is 19.2 Å². The number of hydrogen-bond acceptors (Lipinski definition) is 12. The van der Waals surface area contributed by atoms with Crippen molar-refractivity contribution in [2.45, 2.75) is 51.9 Å². The highest BCUT2D eigenvalue weighted by molar-refractivity contribution is 5.79. The Morgan fingerprint density at radius 3 is 0.671 bits per heavy atom. The Labute approximate surface area is 440 Å². The lowest BCUT2D eigenvalue weighted by molar-refractivity contribution is -0.124. The van der Waals surface area contributed by atoms with E-state index in [-0.39, 0.29) is 75.7 Å². The van der Waals surface area contributed by atoms with Crippen LogP contribution in [0.2, 0.25) is 0 Å². The van der Waals surface area contributed by atoms with Gasteiger partial charge >= 0.3 is 0 Å². The number of nitrogens with one attached hydrogen (secondary N) is 4. The van der Waals surface area contributed by atoms with Gasteiger partial charge in [0, 0.05) is 101 Å². The van der Waals surface area contributed by atoms with E-state index in [0.717, 1.165) is 66.8 Å². The molecule has 384 valence electrons. The maximum Gasteiger partial charge on any atom is 0.258 e. The van der Waals surface area contributed by atoms with Crippen LogP contribution in [0, 0.1) is 0 Å². The summed E-state index contributed by atoms with van der Waals surface area (Å²) in [5.74, 6) is 0.694. The van der Waals surface area contributed by atoms with Crippen molar-refractivity contribution in [1.82, 2.24) is 41.2 Å². The molecule has 4 heterocycles. The zero-order valence-electron chi connectivity index (χ0n) is 41.7. The van der Waals surface area contributed by atoms with Crippen LogP contribution in [0.5, 0.6) is 23.0 Å². The van der Waals surface area contributed by atoms with Crippen LogP contribution in [-0.4, -0.2) is 70.0 Å². The Bertz CT molecular complexity index is 2740. The van der Waals surface area contributed by atoms with E-state index in [1.807, 2.05) is 121 Å². The van der Waals surface area contributed by atoms with E-state index >= 15 is 0 Å². The average molecular weight is 1020 g/mol. The summed E-state index contributed by atoms with van der Waals surface area (Å²) >= 11 is 0. The van der Waals surface area contributed by atoms with Crippen molar-refractivity contribution < 1.29 is 38.1 Å². The molecule has 4 aromatic heterocycles. The van der Waals surface area contributed by atoms with Crippen molar-refractivity contribution >= 4 is 23.6 Å². The Kier molecular flexibility index (Phi) is 17.6. The molecule has 4 amide bonds. The van der Waals surface area contributed by atoms with Crippen LogP contribution in [0.15, 0.2) is 171 Å². The second kappa shape index (κ2) is 26.0. The predicted molar refractivity (Wildman–Crippen MR) is 283 cm³/mol. The van der Waals surface area contributed by atoms with Crippen LogP contribution in [0.3, 0.4) is 0 Å². The van der Waals surface area contributed by atoms with Crippen LogP contribution in [-0.2, 0) is 71.0 Å². The fourth-order valence-corrected chi connectivity index (χ4v) is 8.79. The second-order valence-electron chi connectivity index (χ2n) is 18.0. The molecule has 0 spiro atoms. The molecule has 0 saturated carbocycles. The molecule has 8 bridgehead atoms. The molecule has 9 rings (SSSR count). The molecule has 4 N–H and O–H groups in total. The van der Waals surface area contributed by atoms with Crippen LogP contribution in [0.1, 0.15) is 66.8 Å². The van der Waals surface area contributed by atoms with Crippen LogP contribution < -0.4 is 40.2 Å². The monoisotopic (exact) mass is 1020 g/mol. The molecule has 4 aromatic carbocycles. The van der Waals surface area contributed by atoms with Gasteiger partial charge in [-0.05, 0) is 115 Å². The van der Waals surface area contributed by atoms with Gasteiger partial charge in [0.05, 0.1) is 0 Å². The molecule has 0 unspecified atom stereocenters. The van der Waals surface area contributed by atoms with Gasteiger partial charge in [-0.15, -0.1) is 0 Å². The third kappa shape index (κ3) is 14.4. The fourth-order valence-electron chi connectivity index (χ4n) is 8.79. The molecule has 76 heavy (non-hydrogen) atoms. The van der Waals surface area contributed by atoms with Crippen molar-refractivity contribution in [2.24, 2.45) is 0 Å². The number of hydrogen-bond donors (Lipinski definition) is 4. The summed E-state index contributed by atoms with van der Waals surface area (Å²) in [6.07, 6.45) is 14.5. The van der Waals surface area contributed by atoms with Crippen LogP contribution in [0.25, 0.3) is 0 Å². The topological polar surface area (TPSA) is 205 Å². The molecule has 1 aliphatic rings. The lowest BCUT2D eigenvalue weighted by atomic mass is 9.91. The van der Waals surface area contributed by atoms with Gasteiger partial charge in [0.1, 0.15) is 23.0 Å². The van der Waals surface area contributed by atoms with E-state index < -0.39 is 0 Å². The molecule has 16 nitrogen and oxygen atoms in total. The number of benzene rings is 4. The number of para-hydroxylation sites is 4. The lowest BCUT2D eigenvalue weighted by Gasteiger charge is -2.22. The first-order valence-corrected chi connectivity index (χ1v) is 24.9. The SMILES string of the molecule is O=C(COc1c2cccc1Cc1cccc(c1OCC(=O)NCc1ccncc1)Cc1cccc(c1OCC(=O)NCc1ccncc1)Cc1cccc(c1OCC(=O)NCc1ccncc1)C2)NCc1ccncc1. The van der Waals surface area contributed by atoms with Crippen molar-refractivity contribution in [3.05, 3.63) is 238 Å². The number of fused-ring (bicyclic) bond motifs is 8. The van der Waals surface area contributed by atoms with Gasteiger partial charge in [0.25, 0.3) is 23.6 Å². The van der Waals surface area contributed by atoms with Crippen LogP contribution >= 0.6 is 0 Å². The molecule has 0 fully saturated rings. The summed E-state index contributed by atoms with van der Waals surface area (Å²) in [5.41, 5.74) is 9.63. The van der Waals surface area contributed by atoms with Crippen molar-refractivity contribution in [1.29, 1.82) is 0 Å². The van der Waals surface area contributed by atoms with Crippen molar-refractivity contribution in [3.8, 4) is 23.0 Å². The predicted octanol–water partition coefficient (Wildman–Crippen LogP) is 6.72. The van der Waals surface area contributed by atoms with Gasteiger partial charge in [0.2, 0.25) is 0 Å². The molecule has 16 heteroatoms. The number of carbonyl (C=O) groups excluding carboxylic acids is 4.